The number of aliphatic imine (C=N–C) groups is 1. The van der Waals surface area contributed by atoms with E-state index in [1.54, 1.807) is 46.2 Å². The van der Waals surface area contributed by atoms with Gasteiger partial charge in [-0.1, -0.05) is 45.9 Å². The minimum Gasteiger partial charge on any atom is -0.493 e. The third kappa shape index (κ3) is 10.7. The highest BCUT2D eigenvalue weighted by Gasteiger charge is 2.37. The van der Waals surface area contributed by atoms with Crippen molar-refractivity contribution in [2.45, 2.75) is 69.2 Å². The summed E-state index contributed by atoms with van der Waals surface area (Å²) in [6, 6.07) is 6.61. The number of carbonyl (C=O) groups is 5. The van der Waals surface area contributed by atoms with Crippen LogP contribution in [0.4, 0.5) is 11.4 Å². The average molecular weight is 924 g/mol. The molecule has 2 aromatic carbocycles. The normalized spacial score (nSPS) is 20.3. The number of hydroxylamine groups is 2. The SMILES string of the molecule is C=C1C[C@H]2CNc3cc(OCCP(=O)(CCOc4cc5c(cc4OC)C(=O)N4CC(=C)C[C@H]4C=N5)CCSSC(C)(C)CCC(=O)ON4C(=O)CCC4=O)c(OC)cc3C(=O)N2C1. The Morgan fingerprint density at radius 2 is 1.48 bits per heavy atom. The van der Waals surface area contributed by atoms with Gasteiger partial charge in [0.1, 0.15) is 0 Å². The Bertz CT molecular complexity index is 2270. The molecule has 19 heteroatoms. The number of ether oxygens (including phenoxy) is 4. The summed E-state index contributed by atoms with van der Waals surface area (Å²) in [6.07, 6.45) is 4.44. The molecule has 0 saturated carbocycles. The van der Waals surface area contributed by atoms with E-state index < -0.39 is 29.7 Å². The van der Waals surface area contributed by atoms with Crippen LogP contribution < -0.4 is 24.3 Å². The zero-order chi connectivity index (χ0) is 45.1. The molecule has 3 fully saturated rings. The van der Waals surface area contributed by atoms with Gasteiger partial charge in [-0.05, 0) is 45.2 Å². The number of hydrogen-bond donors (Lipinski definition) is 1. The van der Waals surface area contributed by atoms with Crippen molar-refractivity contribution in [3.63, 3.8) is 0 Å². The summed E-state index contributed by atoms with van der Waals surface area (Å²) >= 11 is 0. The van der Waals surface area contributed by atoms with Gasteiger partial charge in [-0.25, -0.2) is 4.79 Å². The Balaban J connectivity index is 1.00. The first-order valence-electron chi connectivity index (χ1n) is 20.9. The highest BCUT2D eigenvalue weighted by molar-refractivity contribution is 8.77. The van der Waals surface area contributed by atoms with Crippen LogP contribution >= 0.6 is 28.7 Å². The molecule has 3 atom stereocenters. The second-order valence-electron chi connectivity index (χ2n) is 16.9. The topological polar surface area (TPSA) is 183 Å². The quantitative estimate of drug-likeness (QED) is 0.0513. The first-order valence-corrected chi connectivity index (χ1v) is 25.5. The van der Waals surface area contributed by atoms with Crippen LogP contribution in [-0.2, 0) is 23.8 Å². The molecule has 3 saturated heterocycles. The van der Waals surface area contributed by atoms with Crippen LogP contribution in [0, 0.1) is 0 Å². The monoisotopic (exact) mass is 923 g/mol. The van der Waals surface area contributed by atoms with Gasteiger partial charge >= 0.3 is 5.97 Å². The van der Waals surface area contributed by atoms with Crippen molar-refractivity contribution in [1.82, 2.24) is 14.9 Å². The smallest absolute Gasteiger partial charge is 0.333 e. The van der Waals surface area contributed by atoms with Crippen molar-refractivity contribution in [3.05, 3.63) is 59.7 Å². The Morgan fingerprint density at radius 3 is 2.16 bits per heavy atom. The lowest BCUT2D eigenvalue weighted by atomic mass is 10.1. The van der Waals surface area contributed by atoms with Crippen LogP contribution in [0.1, 0.15) is 73.1 Å². The van der Waals surface area contributed by atoms with E-state index in [4.69, 9.17) is 23.8 Å². The summed E-state index contributed by atoms with van der Waals surface area (Å²) in [4.78, 5) is 76.5. The van der Waals surface area contributed by atoms with Crippen molar-refractivity contribution in [2.24, 2.45) is 4.99 Å². The number of benzene rings is 2. The number of hydrogen-bond acceptors (Lipinski definition) is 15. The molecule has 338 valence electrons. The van der Waals surface area contributed by atoms with Crippen LogP contribution in [0.25, 0.3) is 0 Å². The standard InChI is InChI=1S/C44H54N5O11PS2/c1-27-17-29-23-45-33-21-37(35(56-5)19-31(33)42(53)47(29)25-27)58-11-13-61(55,15-16-62-63-44(3,4)10-9-41(52)60-49-39(50)7-8-40(49)51)14-12-59-38-22-34-32(20-36(38)57-6)43(54)48-26-28(2)18-30(48)24-46-34/h19-23,29-30,46H,1-2,7-18,24-26H2,3-6H3/t29-,30-,61?/m0/s1. The van der Waals surface area contributed by atoms with E-state index in [1.807, 2.05) is 18.7 Å². The van der Waals surface area contributed by atoms with Gasteiger partial charge in [-0.3, -0.25) is 24.2 Å². The molecule has 5 aliphatic rings. The fraction of sp³-hybridized carbons (Fsp3) is 0.500. The van der Waals surface area contributed by atoms with E-state index in [-0.39, 0.29) is 68.7 Å². The fourth-order valence-corrected chi connectivity index (χ4v) is 13.9. The number of nitrogens with zero attached hydrogens (tertiary/aromatic N) is 4. The van der Waals surface area contributed by atoms with E-state index in [0.29, 0.717) is 95.0 Å². The molecule has 0 aliphatic carbocycles. The van der Waals surface area contributed by atoms with Crippen molar-refractivity contribution in [1.29, 1.82) is 0 Å². The van der Waals surface area contributed by atoms with E-state index in [9.17, 15) is 28.5 Å². The summed E-state index contributed by atoms with van der Waals surface area (Å²) in [5.41, 5.74) is 3.98. The Morgan fingerprint density at radius 1 is 0.857 bits per heavy atom. The number of fused-ring (bicyclic) bond motifs is 4. The minimum absolute atomic E-state index is 0.00936. The van der Waals surface area contributed by atoms with Gasteiger partial charge in [-0.15, -0.1) is 5.06 Å². The van der Waals surface area contributed by atoms with Crippen molar-refractivity contribution in [3.8, 4) is 23.0 Å². The van der Waals surface area contributed by atoms with Crippen molar-refractivity contribution >= 4 is 75.9 Å². The van der Waals surface area contributed by atoms with Gasteiger partial charge in [-0.2, -0.15) is 0 Å². The molecule has 0 aromatic heterocycles. The minimum atomic E-state index is -2.99. The first-order chi connectivity index (χ1) is 30.1. The maximum absolute atomic E-state index is 14.9. The molecule has 16 nitrogen and oxygen atoms in total. The molecule has 5 heterocycles. The highest BCUT2D eigenvalue weighted by atomic mass is 33.1. The Kier molecular flexibility index (Phi) is 14.2. The summed E-state index contributed by atoms with van der Waals surface area (Å²) < 4.78 is 38.3. The van der Waals surface area contributed by atoms with Crippen LogP contribution in [0.5, 0.6) is 23.0 Å². The van der Waals surface area contributed by atoms with Crippen LogP contribution in [0.2, 0.25) is 0 Å². The molecule has 0 bridgehead atoms. The molecule has 4 amide bonds. The summed E-state index contributed by atoms with van der Waals surface area (Å²) in [6.45, 7) is 13.8. The predicted molar refractivity (Wildman–Crippen MR) is 244 cm³/mol. The molecule has 0 spiro atoms. The lowest BCUT2D eigenvalue weighted by molar-refractivity contribution is -0.197. The van der Waals surface area contributed by atoms with E-state index >= 15 is 0 Å². The Hall–Kier alpha value is -4.93. The average Bonchev–Trinajstić information content (AvgIpc) is 3.88. The molecule has 1 unspecified atom stereocenters. The van der Waals surface area contributed by atoms with Gasteiger partial charge in [0.25, 0.3) is 23.6 Å². The van der Waals surface area contributed by atoms with Gasteiger partial charge in [0.2, 0.25) is 0 Å². The number of rotatable bonds is 19. The molecule has 5 aliphatic heterocycles. The second kappa shape index (κ2) is 19.4. The fourth-order valence-electron chi connectivity index (χ4n) is 8.08. The summed E-state index contributed by atoms with van der Waals surface area (Å²) in [5, 5.41) is 3.96. The largest absolute Gasteiger partial charge is 0.493 e. The molecular formula is C44H54N5O11PS2. The third-order valence-corrected chi connectivity index (χ3v) is 18.3. The number of nitrogens with one attached hydrogen (secondary N) is 1. The van der Waals surface area contributed by atoms with Crippen LogP contribution in [-0.4, -0.2) is 139 Å². The highest BCUT2D eigenvalue weighted by Crippen LogP contribution is 2.49. The first kappa shape index (κ1) is 46.1. The van der Waals surface area contributed by atoms with Gasteiger partial charge < -0.3 is 43.5 Å². The molecule has 63 heavy (non-hydrogen) atoms. The van der Waals surface area contributed by atoms with Gasteiger partial charge in [0, 0.05) is 86.2 Å². The number of carbonyl (C=O) groups excluding carboxylic acids is 5. The number of anilines is 1. The maximum Gasteiger partial charge on any atom is 0.333 e. The number of amides is 4. The van der Waals surface area contributed by atoms with Crippen LogP contribution in [0.15, 0.2) is 53.6 Å². The maximum atomic E-state index is 14.9. The Labute approximate surface area is 375 Å². The van der Waals surface area contributed by atoms with Crippen molar-refractivity contribution in [2.75, 3.05) is 76.6 Å². The second-order valence-corrected chi connectivity index (χ2v) is 23.4. The van der Waals surface area contributed by atoms with E-state index in [2.05, 4.69) is 23.5 Å². The van der Waals surface area contributed by atoms with Gasteiger partial charge in [0.15, 0.2) is 23.0 Å². The predicted octanol–water partition coefficient (Wildman–Crippen LogP) is 6.75. The number of methoxy groups -OCH3 is 2. The third-order valence-electron chi connectivity index (χ3n) is 11.6. The van der Waals surface area contributed by atoms with Crippen molar-refractivity contribution < 1.29 is 52.3 Å². The summed E-state index contributed by atoms with van der Waals surface area (Å²) in [7, 11) is 3.11. The molecule has 7 rings (SSSR count). The van der Waals surface area contributed by atoms with E-state index in [1.165, 1.54) is 25.0 Å². The van der Waals surface area contributed by atoms with E-state index in [0.717, 1.165) is 17.6 Å². The molecule has 2 aromatic rings. The number of imide groups is 1. The molecular weight excluding hydrogens is 870 g/mol. The summed E-state index contributed by atoms with van der Waals surface area (Å²) in [5.74, 6) is 0.106. The van der Waals surface area contributed by atoms with Crippen LogP contribution in [0.3, 0.4) is 0 Å². The molecule has 1 N–H and O–H groups in total. The lowest BCUT2D eigenvalue weighted by Gasteiger charge is -2.24. The zero-order valence-corrected chi connectivity index (χ0v) is 38.6. The lowest BCUT2D eigenvalue weighted by Crippen LogP contribution is -2.36. The van der Waals surface area contributed by atoms with Gasteiger partial charge in [0.05, 0.1) is 69.2 Å². The molecule has 0 radical (unpaired) electrons. The zero-order valence-electron chi connectivity index (χ0n) is 36.1.